The van der Waals surface area contributed by atoms with E-state index in [1.165, 1.54) is 16.8 Å². The molecule has 0 bridgehead atoms. The molecule has 2 aromatic heterocycles. The summed E-state index contributed by atoms with van der Waals surface area (Å²) >= 11 is 0. The summed E-state index contributed by atoms with van der Waals surface area (Å²) in [4.78, 5) is 26.8. The van der Waals surface area contributed by atoms with Gasteiger partial charge in [-0.15, -0.1) is 0 Å². The molecule has 0 aromatic carbocycles. The first kappa shape index (κ1) is 22.6. The number of pyridine rings is 2. The molecular weight excluding hydrogens is 400 g/mol. The summed E-state index contributed by atoms with van der Waals surface area (Å²) in [5, 5.41) is 0. The fourth-order valence-corrected chi connectivity index (χ4v) is 5.10. The Morgan fingerprint density at radius 3 is 2.28 bits per heavy atom. The maximum atomic E-state index is 12.9. The molecule has 6 heteroatoms. The number of hydrogen-bond acceptors (Lipinski definition) is 5. The maximum absolute atomic E-state index is 12.9. The number of ether oxygens (including phenoxy) is 1. The lowest BCUT2D eigenvalue weighted by Gasteiger charge is -2.40. The molecule has 0 N–H and O–H groups in total. The van der Waals surface area contributed by atoms with Gasteiger partial charge in [0, 0.05) is 43.5 Å². The Hall–Kier alpha value is -2.63. The number of anilines is 1. The number of nitrogens with zero attached hydrogens (tertiary/aromatic N) is 4. The minimum Gasteiger partial charge on any atom is -0.444 e. The minimum absolute atomic E-state index is 0.0119. The molecule has 0 spiro atoms. The Balaban J connectivity index is 1.66. The molecule has 2 aliphatic rings. The van der Waals surface area contributed by atoms with Crippen LogP contribution in [0.2, 0.25) is 0 Å². The summed E-state index contributed by atoms with van der Waals surface area (Å²) in [7, 11) is 0. The van der Waals surface area contributed by atoms with Crippen molar-refractivity contribution < 1.29 is 9.53 Å². The van der Waals surface area contributed by atoms with E-state index in [1.807, 2.05) is 38.1 Å². The largest absolute Gasteiger partial charge is 0.444 e. The molecule has 32 heavy (non-hydrogen) atoms. The van der Waals surface area contributed by atoms with Crippen molar-refractivity contribution in [3.05, 3.63) is 52.6 Å². The normalized spacial score (nSPS) is 20.6. The van der Waals surface area contributed by atoms with Crippen molar-refractivity contribution in [1.29, 1.82) is 0 Å². The third kappa shape index (κ3) is 4.32. The number of aryl methyl sites for hydroxylation is 1. The van der Waals surface area contributed by atoms with E-state index >= 15 is 0 Å². The molecular formula is C26H36N4O2. The van der Waals surface area contributed by atoms with Crippen LogP contribution in [0.15, 0.2) is 24.5 Å². The molecule has 2 unspecified atom stereocenters. The van der Waals surface area contributed by atoms with Crippen molar-refractivity contribution in [3.63, 3.8) is 0 Å². The van der Waals surface area contributed by atoms with Crippen LogP contribution < -0.4 is 4.90 Å². The smallest absolute Gasteiger partial charge is 0.410 e. The number of carbonyl (C=O) groups excluding carboxylic acids is 1. The minimum atomic E-state index is -0.503. The van der Waals surface area contributed by atoms with Gasteiger partial charge in [0.15, 0.2) is 0 Å². The van der Waals surface area contributed by atoms with Gasteiger partial charge in [-0.3, -0.25) is 9.97 Å². The van der Waals surface area contributed by atoms with Gasteiger partial charge in [-0.25, -0.2) is 4.79 Å². The molecule has 0 saturated heterocycles. The molecule has 0 fully saturated rings. The second-order valence-corrected chi connectivity index (χ2v) is 9.99. The van der Waals surface area contributed by atoms with Gasteiger partial charge in [0.2, 0.25) is 0 Å². The molecule has 2 aliphatic heterocycles. The molecule has 2 aromatic rings. The summed E-state index contributed by atoms with van der Waals surface area (Å²) in [6, 6.07) is 4.83. The molecule has 4 heterocycles. The lowest BCUT2D eigenvalue weighted by atomic mass is 9.91. The Kier molecular flexibility index (Phi) is 6.15. The van der Waals surface area contributed by atoms with Crippen LogP contribution >= 0.6 is 0 Å². The van der Waals surface area contributed by atoms with E-state index in [0.717, 1.165) is 49.2 Å². The Morgan fingerprint density at radius 1 is 1.00 bits per heavy atom. The van der Waals surface area contributed by atoms with Gasteiger partial charge in [0.25, 0.3) is 0 Å². The standard InChI is InChI=1S/C26H36N4O2/c1-7-23-19-13-17(3)15-27-21(19)9-11-29(23)18-14-20-22(28-16-18)10-12-30(24(20)8-2)25(31)32-26(4,5)6/h13-16,23-24H,7-12H2,1-6H3. The van der Waals surface area contributed by atoms with Crippen LogP contribution in [0, 0.1) is 6.92 Å². The highest BCUT2D eigenvalue weighted by molar-refractivity contribution is 5.70. The van der Waals surface area contributed by atoms with Crippen LogP contribution in [0.5, 0.6) is 0 Å². The average Bonchev–Trinajstić information content (AvgIpc) is 2.75. The SMILES string of the molecule is CCC1c2cc(N3CCc4ncc(C)cc4C3CC)cnc2CCN1C(=O)OC(C)(C)C. The van der Waals surface area contributed by atoms with Gasteiger partial charge in [-0.2, -0.15) is 0 Å². The van der Waals surface area contributed by atoms with Crippen LogP contribution in [0.25, 0.3) is 0 Å². The maximum Gasteiger partial charge on any atom is 0.410 e. The van der Waals surface area contributed by atoms with E-state index in [4.69, 9.17) is 14.7 Å². The predicted molar refractivity (Wildman–Crippen MR) is 127 cm³/mol. The van der Waals surface area contributed by atoms with Gasteiger partial charge >= 0.3 is 6.09 Å². The fourth-order valence-electron chi connectivity index (χ4n) is 5.10. The Bertz CT molecular complexity index is 998. The van der Waals surface area contributed by atoms with Crippen molar-refractivity contribution in [2.24, 2.45) is 0 Å². The number of carbonyl (C=O) groups is 1. The monoisotopic (exact) mass is 436 g/mol. The summed E-state index contributed by atoms with van der Waals surface area (Å²) in [6.07, 6.45) is 7.29. The fraction of sp³-hybridized carbons (Fsp3) is 0.577. The van der Waals surface area contributed by atoms with Gasteiger partial charge in [0.05, 0.1) is 24.0 Å². The second-order valence-electron chi connectivity index (χ2n) is 9.99. The second kappa shape index (κ2) is 8.72. The summed E-state index contributed by atoms with van der Waals surface area (Å²) in [5.74, 6) is 0. The number of rotatable bonds is 3. The van der Waals surface area contributed by atoms with E-state index in [-0.39, 0.29) is 18.2 Å². The third-order valence-corrected chi connectivity index (χ3v) is 6.51. The number of aromatic nitrogens is 2. The molecule has 2 atom stereocenters. The van der Waals surface area contributed by atoms with Crippen molar-refractivity contribution in [2.75, 3.05) is 18.0 Å². The average molecular weight is 437 g/mol. The topological polar surface area (TPSA) is 58.6 Å². The van der Waals surface area contributed by atoms with E-state index in [2.05, 4.69) is 37.8 Å². The number of amides is 1. The zero-order valence-corrected chi connectivity index (χ0v) is 20.3. The summed E-state index contributed by atoms with van der Waals surface area (Å²) in [6.45, 7) is 13.8. The Labute approximate surface area is 192 Å². The molecule has 6 nitrogen and oxygen atoms in total. The number of fused-ring (bicyclic) bond motifs is 2. The van der Waals surface area contributed by atoms with E-state index in [0.29, 0.717) is 6.54 Å². The van der Waals surface area contributed by atoms with Gasteiger partial charge in [0.1, 0.15) is 5.60 Å². The van der Waals surface area contributed by atoms with Gasteiger partial charge in [-0.05, 0) is 63.3 Å². The summed E-state index contributed by atoms with van der Waals surface area (Å²) < 4.78 is 5.70. The van der Waals surface area contributed by atoms with Gasteiger partial charge < -0.3 is 14.5 Å². The van der Waals surface area contributed by atoms with Crippen LogP contribution in [-0.4, -0.2) is 39.7 Å². The first-order valence-electron chi connectivity index (χ1n) is 11.9. The van der Waals surface area contributed by atoms with Crippen molar-refractivity contribution in [2.45, 2.75) is 84.9 Å². The molecule has 0 radical (unpaired) electrons. The highest BCUT2D eigenvalue weighted by Crippen LogP contribution is 2.39. The van der Waals surface area contributed by atoms with Crippen LogP contribution in [0.4, 0.5) is 10.5 Å². The van der Waals surface area contributed by atoms with E-state index in [1.54, 1.807) is 0 Å². The lowest BCUT2D eigenvalue weighted by Crippen LogP contribution is -2.43. The van der Waals surface area contributed by atoms with Crippen LogP contribution in [0.3, 0.4) is 0 Å². The van der Waals surface area contributed by atoms with E-state index in [9.17, 15) is 4.79 Å². The first-order chi connectivity index (χ1) is 15.2. The van der Waals surface area contributed by atoms with Crippen LogP contribution in [-0.2, 0) is 17.6 Å². The molecule has 172 valence electrons. The highest BCUT2D eigenvalue weighted by Gasteiger charge is 2.35. The first-order valence-corrected chi connectivity index (χ1v) is 11.9. The highest BCUT2D eigenvalue weighted by atomic mass is 16.6. The zero-order chi connectivity index (χ0) is 23.0. The van der Waals surface area contributed by atoms with Crippen molar-refractivity contribution in [1.82, 2.24) is 14.9 Å². The lowest BCUT2D eigenvalue weighted by molar-refractivity contribution is 0.0135. The Morgan fingerprint density at radius 2 is 1.62 bits per heavy atom. The quantitative estimate of drug-likeness (QED) is 0.632. The number of hydrogen-bond donors (Lipinski definition) is 0. The van der Waals surface area contributed by atoms with Crippen molar-refractivity contribution in [3.8, 4) is 0 Å². The van der Waals surface area contributed by atoms with Crippen molar-refractivity contribution >= 4 is 11.8 Å². The third-order valence-electron chi connectivity index (χ3n) is 6.51. The van der Waals surface area contributed by atoms with E-state index < -0.39 is 5.60 Å². The van der Waals surface area contributed by atoms with Crippen LogP contribution in [0.1, 0.15) is 87.6 Å². The van der Waals surface area contributed by atoms with Gasteiger partial charge in [-0.1, -0.05) is 19.9 Å². The zero-order valence-electron chi connectivity index (χ0n) is 20.3. The molecule has 4 rings (SSSR count). The molecule has 0 aliphatic carbocycles. The predicted octanol–water partition coefficient (Wildman–Crippen LogP) is 5.54. The summed E-state index contributed by atoms with van der Waals surface area (Å²) in [5.41, 5.74) is 6.63. The molecule has 1 amide bonds. The molecule has 0 saturated carbocycles.